The Labute approximate surface area is 132 Å². The summed E-state index contributed by atoms with van der Waals surface area (Å²) in [5.41, 5.74) is 6.55. The van der Waals surface area contributed by atoms with Crippen LogP contribution in [-0.2, 0) is 10.1 Å². The lowest BCUT2D eigenvalue weighted by Gasteiger charge is -2.09. The van der Waals surface area contributed by atoms with Gasteiger partial charge in [0.25, 0.3) is 10.1 Å². The van der Waals surface area contributed by atoms with Crippen LogP contribution >= 0.6 is 0 Å². The molecule has 0 radical (unpaired) electrons. The molecule has 0 aliphatic rings. The Balaban J connectivity index is 2.11. The highest BCUT2D eigenvalue weighted by atomic mass is 32.2. The van der Waals surface area contributed by atoms with Gasteiger partial charge in [-0.3, -0.25) is 4.55 Å². The number of hydrogen-bond acceptors (Lipinski definition) is 3. The van der Waals surface area contributed by atoms with E-state index in [9.17, 15) is 13.0 Å². The van der Waals surface area contributed by atoms with E-state index in [-0.39, 0.29) is 4.90 Å². The van der Waals surface area contributed by atoms with Crippen molar-refractivity contribution in [1.29, 1.82) is 0 Å². The van der Waals surface area contributed by atoms with Gasteiger partial charge in [-0.25, -0.2) is 0 Å². The van der Waals surface area contributed by atoms with Crippen molar-refractivity contribution in [2.75, 3.05) is 5.73 Å². The van der Waals surface area contributed by atoms with Crippen LogP contribution in [0.15, 0.2) is 65.6 Å². The molecule has 0 saturated carbocycles. The SMILES string of the molecule is Nc1ccc2c(ccc3c4ccc(S(=O)(=O)O)cc4ccc23)c1. The van der Waals surface area contributed by atoms with Crippen LogP contribution in [-0.4, -0.2) is 13.0 Å². The normalized spacial score (nSPS) is 12.2. The van der Waals surface area contributed by atoms with Gasteiger partial charge >= 0.3 is 0 Å². The van der Waals surface area contributed by atoms with Crippen molar-refractivity contribution >= 4 is 48.1 Å². The average Bonchev–Trinajstić information content (AvgIpc) is 2.52. The summed E-state index contributed by atoms with van der Waals surface area (Å²) in [5.74, 6) is 0. The second-order valence-electron chi connectivity index (χ2n) is 5.56. The van der Waals surface area contributed by atoms with Crippen molar-refractivity contribution in [3.63, 3.8) is 0 Å². The van der Waals surface area contributed by atoms with Crippen molar-refractivity contribution in [2.45, 2.75) is 4.90 Å². The minimum Gasteiger partial charge on any atom is -0.399 e. The van der Waals surface area contributed by atoms with E-state index in [1.54, 1.807) is 6.07 Å². The zero-order valence-corrected chi connectivity index (χ0v) is 12.8. The molecular formula is C18H13NO3S. The Morgan fingerprint density at radius 3 is 1.83 bits per heavy atom. The second-order valence-corrected chi connectivity index (χ2v) is 6.99. The van der Waals surface area contributed by atoms with Crippen LogP contribution in [0.4, 0.5) is 5.69 Å². The molecule has 0 aliphatic carbocycles. The first-order valence-electron chi connectivity index (χ1n) is 7.06. The van der Waals surface area contributed by atoms with Gasteiger partial charge in [0.1, 0.15) is 0 Å². The van der Waals surface area contributed by atoms with Gasteiger partial charge in [-0.05, 0) is 56.6 Å². The molecule has 4 aromatic carbocycles. The highest BCUT2D eigenvalue weighted by Gasteiger charge is 2.11. The summed E-state index contributed by atoms with van der Waals surface area (Å²) >= 11 is 0. The predicted octanol–water partition coefficient (Wildman–Crippen LogP) is 3.98. The molecule has 3 N–H and O–H groups in total. The van der Waals surface area contributed by atoms with Gasteiger partial charge in [0.2, 0.25) is 0 Å². The van der Waals surface area contributed by atoms with Crippen molar-refractivity contribution < 1.29 is 13.0 Å². The number of anilines is 1. The van der Waals surface area contributed by atoms with Crippen LogP contribution in [0.5, 0.6) is 0 Å². The van der Waals surface area contributed by atoms with E-state index in [1.807, 2.05) is 42.5 Å². The third-order valence-corrected chi connectivity index (χ3v) is 4.98. The van der Waals surface area contributed by atoms with Gasteiger partial charge in [0.15, 0.2) is 0 Å². The molecule has 23 heavy (non-hydrogen) atoms. The molecule has 4 rings (SSSR count). The van der Waals surface area contributed by atoms with Crippen LogP contribution in [0.1, 0.15) is 0 Å². The number of rotatable bonds is 1. The van der Waals surface area contributed by atoms with Gasteiger partial charge in [0.05, 0.1) is 4.90 Å². The molecular weight excluding hydrogens is 310 g/mol. The quantitative estimate of drug-likeness (QED) is 0.315. The predicted molar refractivity (Wildman–Crippen MR) is 93.2 cm³/mol. The Morgan fingerprint density at radius 2 is 1.22 bits per heavy atom. The lowest BCUT2D eigenvalue weighted by atomic mass is 9.97. The number of nitrogen functional groups attached to an aromatic ring is 1. The highest BCUT2D eigenvalue weighted by Crippen LogP contribution is 2.32. The first-order chi connectivity index (χ1) is 10.9. The first-order valence-corrected chi connectivity index (χ1v) is 8.50. The van der Waals surface area contributed by atoms with E-state index in [0.29, 0.717) is 0 Å². The lowest BCUT2D eigenvalue weighted by Crippen LogP contribution is -1.97. The maximum atomic E-state index is 11.3. The fraction of sp³-hybridized carbons (Fsp3) is 0. The van der Waals surface area contributed by atoms with Crippen LogP contribution in [0.3, 0.4) is 0 Å². The zero-order chi connectivity index (χ0) is 16.2. The van der Waals surface area contributed by atoms with Crippen molar-refractivity contribution in [3.8, 4) is 0 Å². The molecule has 0 fully saturated rings. The van der Waals surface area contributed by atoms with E-state index >= 15 is 0 Å². The smallest absolute Gasteiger partial charge is 0.294 e. The maximum Gasteiger partial charge on any atom is 0.294 e. The third kappa shape index (κ3) is 2.21. The fourth-order valence-corrected chi connectivity index (χ4v) is 3.56. The standard InChI is InChI=1S/C18H13NO3S/c19-13-3-7-15-11(9-13)1-5-18-16-8-4-14(23(20,21)22)10-12(16)2-6-17(15)18/h1-10H,19H2,(H,20,21,22). The minimum atomic E-state index is -4.20. The van der Waals surface area contributed by atoms with Gasteiger partial charge in [0, 0.05) is 5.69 Å². The molecule has 0 heterocycles. The molecule has 0 saturated heterocycles. The molecule has 114 valence electrons. The summed E-state index contributed by atoms with van der Waals surface area (Å²) in [6.07, 6.45) is 0. The van der Waals surface area contributed by atoms with E-state index in [2.05, 4.69) is 0 Å². The van der Waals surface area contributed by atoms with Crippen molar-refractivity contribution in [2.24, 2.45) is 0 Å². The molecule has 0 atom stereocenters. The fourth-order valence-electron chi connectivity index (χ4n) is 3.04. The summed E-state index contributed by atoms with van der Waals surface area (Å²) in [6, 6.07) is 18.3. The van der Waals surface area contributed by atoms with Gasteiger partial charge in [-0.1, -0.05) is 36.4 Å². The van der Waals surface area contributed by atoms with E-state index in [1.165, 1.54) is 12.1 Å². The monoisotopic (exact) mass is 323 g/mol. The van der Waals surface area contributed by atoms with E-state index < -0.39 is 10.1 Å². The van der Waals surface area contributed by atoms with Crippen LogP contribution < -0.4 is 5.73 Å². The number of hydrogen-bond donors (Lipinski definition) is 2. The van der Waals surface area contributed by atoms with Gasteiger partial charge in [-0.15, -0.1) is 0 Å². The number of fused-ring (bicyclic) bond motifs is 5. The summed E-state index contributed by atoms with van der Waals surface area (Å²) in [6.45, 7) is 0. The summed E-state index contributed by atoms with van der Waals surface area (Å²) in [7, 11) is -4.20. The topological polar surface area (TPSA) is 80.4 Å². The first kappa shape index (κ1) is 14.0. The van der Waals surface area contributed by atoms with Crippen LogP contribution in [0.25, 0.3) is 32.3 Å². The molecule has 0 unspecified atom stereocenters. The molecule has 0 bridgehead atoms. The molecule has 0 spiro atoms. The van der Waals surface area contributed by atoms with E-state index in [0.717, 1.165) is 38.0 Å². The van der Waals surface area contributed by atoms with Crippen molar-refractivity contribution in [1.82, 2.24) is 0 Å². The molecule has 4 nitrogen and oxygen atoms in total. The molecule has 0 amide bonds. The Morgan fingerprint density at radius 1 is 0.696 bits per heavy atom. The number of nitrogens with two attached hydrogens (primary N) is 1. The molecule has 0 aliphatic heterocycles. The lowest BCUT2D eigenvalue weighted by molar-refractivity contribution is 0.483. The maximum absolute atomic E-state index is 11.3. The molecule has 4 aromatic rings. The Kier molecular flexibility index (Phi) is 2.85. The van der Waals surface area contributed by atoms with Gasteiger partial charge in [-0.2, -0.15) is 8.42 Å². The highest BCUT2D eigenvalue weighted by molar-refractivity contribution is 7.85. The molecule has 5 heteroatoms. The van der Waals surface area contributed by atoms with Gasteiger partial charge < -0.3 is 5.73 Å². The summed E-state index contributed by atoms with van der Waals surface area (Å²) in [4.78, 5) is -0.0992. The van der Waals surface area contributed by atoms with Crippen LogP contribution in [0, 0.1) is 0 Å². The minimum absolute atomic E-state index is 0.0992. The summed E-state index contributed by atoms with van der Waals surface area (Å²) in [5, 5.41) is 5.97. The number of benzene rings is 4. The average molecular weight is 323 g/mol. The largest absolute Gasteiger partial charge is 0.399 e. The Hall–Kier alpha value is -2.63. The van der Waals surface area contributed by atoms with E-state index in [4.69, 9.17) is 5.73 Å². The Bertz CT molecular complexity index is 1200. The third-order valence-electron chi connectivity index (χ3n) is 4.13. The molecule has 0 aromatic heterocycles. The van der Waals surface area contributed by atoms with Crippen LogP contribution in [0.2, 0.25) is 0 Å². The summed E-state index contributed by atoms with van der Waals surface area (Å²) < 4.78 is 31.8. The van der Waals surface area contributed by atoms with Crippen molar-refractivity contribution in [3.05, 3.63) is 60.7 Å². The zero-order valence-electron chi connectivity index (χ0n) is 12.0. The second kappa shape index (κ2) is 4.68.